The summed E-state index contributed by atoms with van der Waals surface area (Å²) in [6, 6.07) is 11.4. The molecule has 4 heteroatoms. The number of amides is 1. The zero-order valence-electron chi connectivity index (χ0n) is 8.89. The maximum atomic E-state index is 11.2. The standard InChI is InChI=1S/C12H14N2O2/c13-8-9-14-12(16)11(15)7-6-10-4-2-1-3-5-10/h1-5,11,15H,6-7,9H2,(H,14,16). The van der Waals surface area contributed by atoms with Crippen LogP contribution >= 0.6 is 0 Å². The Bertz CT molecular complexity index is 370. The molecule has 0 bridgehead atoms. The van der Waals surface area contributed by atoms with Crippen molar-refractivity contribution in [2.45, 2.75) is 18.9 Å². The molecule has 1 rings (SSSR count). The molecule has 0 aliphatic rings. The zero-order chi connectivity index (χ0) is 11.8. The lowest BCUT2D eigenvalue weighted by Gasteiger charge is -2.09. The third-order valence-electron chi connectivity index (χ3n) is 2.19. The number of nitrogens with zero attached hydrogens (tertiary/aromatic N) is 1. The Morgan fingerprint density at radius 1 is 1.44 bits per heavy atom. The van der Waals surface area contributed by atoms with Gasteiger partial charge in [0.1, 0.15) is 12.6 Å². The number of hydrogen-bond donors (Lipinski definition) is 2. The second-order valence-electron chi connectivity index (χ2n) is 3.42. The van der Waals surface area contributed by atoms with Gasteiger partial charge in [0.05, 0.1) is 6.07 Å². The summed E-state index contributed by atoms with van der Waals surface area (Å²) in [4.78, 5) is 11.2. The maximum absolute atomic E-state index is 11.2. The van der Waals surface area contributed by atoms with Crippen LogP contribution in [0.15, 0.2) is 30.3 Å². The van der Waals surface area contributed by atoms with E-state index in [9.17, 15) is 9.90 Å². The van der Waals surface area contributed by atoms with Crippen molar-refractivity contribution >= 4 is 5.91 Å². The summed E-state index contributed by atoms with van der Waals surface area (Å²) in [6.07, 6.45) is -0.0444. The molecule has 1 unspecified atom stereocenters. The molecule has 0 radical (unpaired) electrons. The van der Waals surface area contributed by atoms with Gasteiger partial charge in [-0.25, -0.2) is 0 Å². The van der Waals surface area contributed by atoms with Crippen molar-refractivity contribution in [1.29, 1.82) is 5.26 Å². The van der Waals surface area contributed by atoms with Gasteiger partial charge in [0.2, 0.25) is 5.91 Å². The van der Waals surface area contributed by atoms with Crippen LogP contribution < -0.4 is 5.32 Å². The Balaban J connectivity index is 2.33. The van der Waals surface area contributed by atoms with Crippen molar-refractivity contribution in [3.63, 3.8) is 0 Å². The zero-order valence-corrected chi connectivity index (χ0v) is 8.89. The number of hydrogen-bond acceptors (Lipinski definition) is 3. The Labute approximate surface area is 94.5 Å². The molecule has 0 aliphatic heterocycles. The number of aryl methyl sites for hydroxylation is 1. The molecule has 0 heterocycles. The SMILES string of the molecule is N#CCNC(=O)C(O)CCc1ccccc1. The molecule has 1 aromatic rings. The number of aliphatic hydroxyl groups is 1. The van der Waals surface area contributed by atoms with Crippen LogP contribution in [0, 0.1) is 11.3 Å². The lowest BCUT2D eigenvalue weighted by molar-refractivity contribution is -0.129. The van der Waals surface area contributed by atoms with Crippen LogP contribution in [0.1, 0.15) is 12.0 Å². The Morgan fingerprint density at radius 3 is 2.75 bits per heavy atom. The Morgan fingerprint density at radius 2 is 2.12 bits per heavy atom. The lowest BCUT2D eigenvalue weighted by atomic mass is 10.1. The summed E-state index contributed by atoms with van der Waals surface area (Å²) in [7, 11) is 0. The van der Waals surface area contributed by atoms with Crippen LogP contribution in [0.2, 0.25) is 0 Å². The van der Waals surface area contributed by atoms with Crippen LogP contribution in [0.3, 0.4) is 0 Å². The first-order valence-corrected chi connectivity index (χ1v) is 5.10. The minimum absolute atomic E-state index is 0.0682. The van der Waals surface area contributed by atoms with Gasteiger partial charge < -0.3 is 10.4 Å². The van der Waals surface area contributed by atoms with Crippen LogP contribution in [-0.2, 0) is 11.2 Å². The lowest BCUT2D eigenvalue weighted by Crippen LogP contribution is -2.34. The van der Waals surface area contributed by atoms with Crippen LogP contribution in [0.25, 0.3) is 0 Å². The second-order valence-corrected chi connectivity index (χ2v) is 3.42. The Hall–Kier alpha value is -1.86. The van der Waals surface area contributed by atoms with Gasteiger partial charge in [-0.05, 0) is 18.4 Å². The molecule has 0 fully saturated rings. The van der Waals surface area contributed by atoms with E-state index in [1.165, 1.54) is 0 Å². The largest absolute Gasteiger partial charge is 0.383 e. The van der Waals surface area contributed by atoms with Crippen molar-refractivity contribution in [3.8, 4) is 6.07 Å². The monoisotopic (exact) mass is 218 g/mol. The molecule has 2 N–H and O–H groups in total. The first-order valence-electron chi connectivity index (χ1n) is 5.10. The molecule has 84 valence electrons. The molecule has 0 aromatic heterocycles. The smallest absolute Gasteiger partial charge is 0.249 e. The summed E-state index contributed by atoms with van der Waals surface area (Å²) in [5, 5.41) is 20.1. The normalized spacial score (nSPS) is 11.5. The molecule has 0 aliphatic carbocycles. The highest BCUT2D eigenvalue weighted by Gasteiger charge is 2.13. The number of nitrogens with one attached hydrogen (secondary N) is 1. The molecule has 16 heavy (non-hydrogen) atoms. The predicted molar refractivity (Wildman–Crippen MR) is 59.4 cm³/mol. The first-order chi connectivity index (χ1) is 7.74. The summed E-state index contributed by atoms with van der Waals surface area (Å²) < 4.78 is 0. The average molecular weight is 218 g/mol. The maximum Gasteiger partial charge on any atom is 0.249 e. The highest BCUT2D eigenvalue weighted by molar-refractivity contribution is 5.80. The van der Waals surface area contributed by atoms with Crippen LogP contribution in [0.5, 0.6) is 0 Å². The van der Waals surface area contributed by atoms with E-state index in [1.54, 1.807) is 6.07 Å². The van der Waals surface area contributed by atoms with Gasteiger partial charge >= 0.3 is 0 Å². The number of nitriles is 1. The van der Waals surface area contributed by atoms with Gasteiger partial charge in [-0.3, -0.25) is 4.79 Å². The van der Waals surface area contributed by atoms with Crippen molar-refractivity contribution in [2.24, 2.45) is 0 Å². The van der Waals surface area contributed by atoms with Crippen molar-refractivity contribution in [1.82, 2.24) is 5.32 Å². The van der Waals surface area contributed by atoms with Crippen LogP contribution in [-0.4, -0.2) is 23.7 Å². The fourth-order valence-electron chi connectivity index (χ4n) is 1.32. The fourth-order valence-corrected chi connectivity index (χ4v) is 1.32. The number of benzene rings is 1. The van der Waals surface area contributed by atoms with E-state index < -0.39 is 12.0 Å². The van der Waals surface area contributed by atoms with Gasteiger partial charge in [-0.15, -0.1) is 0 Å². The minimum Gasteiger partial charge on any atom is -0.383 e. The molecular formula is C12H14N2O2. The topological polar surface area (TPSA) is 73.1 Å². The summed E-state index contributed by atoms with van der Waals surface area (Å²) in [5.74, 6) is -0.488. The van der Waals surface area contributed by atoms with Gasteiger partial charge in [-0.2, -0.15) is 5.26 Å². The highest BCUT2D eigenvalue weighted by Crippen LogP contribution is 2.04. The number of rotatable bonds is 5. The summed E-state index contributed by atoms with van der Waals surface area (Å²) in [5.41, 5.74) is 1.08. The van der Waals surface area contributed by atoms with Crippen molar-refractivity contribution in [2.75, 3.05) is 6.54 Å². The fraction of sp³-hybridized carbons (Fsp3) is 0.333. The molecule has 1 aromatic carbocycles. The minimum atomic E-state index is -1.05. The van der Waals surface area contributed by atoms with Crippen molar-refractivity contribution in [3.05, 3.63) is 35.9 Å². The number of carbonyl (C=O) groups excluding carboxylic acids is 1. The average Bonchev–Trinajstić information content (AvgIpc) is 2.34. The van der Waals surface area contributed by atoms with E-state index in [4.69, 9.17) is 5.26 Å². The third kappa shape index (κ3) is 4.11. The highest BCUT2D eigenvalue weighted by atomic mass is 16.3. The molecule has 0 saturated heterocycles. The summed E-state index contributed by atoms with van der Waals surface area (Å²) in [6.45, 7) is -0.0682. The third-order valence-corrected chi connectivity index (χ3v) is 2.19. The van der Waals surface area contributed by atoms with E-state index in [-0.39, 0.29) is 6.54 Å². The van der Waals surface area contributed by atoms with Gasteiger partial charge in [-0.1, -0.05) is 30.3 Å². The van der Waals surface area contributed by atoms with E-state index in [0.717, 1.165) is 5.56 Å². The van der Waals surface area contributed by atoms with Gasteiger partial charge in [0.25, 0.3) is 0 Å². The molecule has 0 saturated carbocycles. The number of carbonyl (C=O) groups is 1. The molecule has 0 spiro atoms. The second kappa shape index (κ2) is 6.59. The van der Waals surface area contributed by atoms with E-state index in [1.807, 2.05) is 30.3 Å². The summed E-state index contributed by atoms with van der Waals surface area (Å²) >= 11 is 0. The molecule has 1 atom stereocenters. The molecular weight excluding hydrogens is 204 g/mol. The van der Waals surface area contributed by atoms with Gasteiger partial charge in [0, 0.05) is 0 Å². The van der Waals surface area contributed by atoms with Crippen LogP contribution in [0.4, 0.5) is 0 Å². The molecule has 1 amide bonds. The van der Waals surface area contributed by atoms with E-state index in [2.05, 4.69) is 5.32 Å². The quantitative estimate of drug-likeness (QED) is 0.711. The molecule has 4 nitrogen and oxygen atoms in total. The van der Waals surface area contributed by atoms with E-state index in [0.29, 0.717) is 12.8 Å². The Kier molecular flexibility index (Phi) is 5.03. The van der Waals surface area contributed by atoms with Crippen molar-refractivity contribution < 1.29 is 9.90 Å². The predicted octanol–water partition coefficient (Wildman–Crippen LogP) is 0.620. The van der Waals surface area contributed by atoms with E-state index >= 15 is 0 Å². The van der Waals surface area contributed by atoms with Gasteiger partial charge in [0.15, 0.2) is 0 Å². The first kappa shape index (κ1) is 12.2. The number of aliphatic hydroxyl groups excluding tert-OH is 1.